The Morgan fingerprint density at radius 3 is 2.24 bits per heavy atom. The molecule has 4 nitrogen and oxygen atoms in total. The maximum Gasteiger partial charge on any atom is 0.433 e. The van der Waals surface area contributed by atoms with Crippen LogP contribution < -0.4 is 4.90 Å². The molecule has 0 unspecified atom stereocenters. The second-order valence-electron chi connectivity index (χ2n) is 6.08. The SMILES string of the molecule is Cc1cc(C(F)(F)F)nc(N2CCN(Cc3ccc(F)cc3)CC2)n1. The minimum Gasteiger partial charge on any atom is -0.338 e. The molecule has 1 fully saturated rings. The molecule has 1 aliphatic heterocycles. The molecule has 0 N–H and O–H groups in total. The number of anilines is 1. The first kappa shape index (κ1) is 17.6. The highest BCUT2D eigenvalue weighted by molar-refractivity contribution is 5.34. The molecule has 0 spiro atoms. The summed E-state index contributed by atoms with van der Waals surface area (Å²) in [5.41, 5.74) is 0.385. The van der Waals surface area contributed by atoms with Crippen LogP contribution in [0.15, 0.2) is 30.3 Å². The van der Waals surface area contributed by atoms with Crippen LogP contribution in [0.1, 0.15) is 17.0 Å². The number of rotatable bonds is 3. The van der Waals surface area contributed by atoms with E-state index in [1.54, 1.807) is 17.0 Å². The van der Waals surface area contributed by atoms with Gasteiger partial charge in [-0.1, -0.05) is 12.1 Å². The quantitative estimate of drug-likeness (QED) is 0.792. The van der Waals surface area contributed by atoms with Crippen molar-refractivity contribution in [3.63, 3.8) is 0 Å². The zero-order valence-electron chi connectivity index (χ0n) is 13.7. The molecule has 0 aliphatic carbocycles. The summed E-state index contributed by atoms with van der Waals surface area (Å²) in [5.74, 6) is -0.153. The van der Waals surface area contributed by atoms with Crippen molar-refractivity contribution < 1.29 is 17.6 Å². The molecule has 0 saturated carbocycles. The molecule has 3 rings (SSSR count). The van der Waals surface area contributed by atoms with E-state index < -0.39 is 11.9 Å². The van der Waals surface area contributed by atoms with Crippen molar-refractivity contribution in [3.8, 4) is 0 Å². The summed E-state index contributed by atoms with van der Waals surface area (Å²) < 4.78 is 51.7. The summed E-state index contributed by atoms with van der Waals surface area (Å²) in [7, 11) is 0. The van der Waals surface area contributed by atoms with Crippen LogP contribution in [0.4, 0.5) is 23.5 Å². The van der Waals surface area contributed by atoms with Gasteiger partial charge in [-0.3, -0.25) is 4.90 Å². The van der Waals surface area contributed by atoms with Gasteiger partial charge in [0.05, 0.1) is 0 Å². The van der Waals surface area contributed by atoms with E-state index in [-0.39, 0.29) is 11.8 Å². The lowest BCUT2D eigenvalue weighted by Crippen LogP contribution is -2.46. The van der Waals surface area contributed by atoms with Crippen molar-refractivity contribution >= 4 is 5.95 Å². The molecule has 1 aromatic heterocycles. The van der Waals surface area contributed by atoms with E-state index in [4.69, 9.17) is 0 Å². The van der Waals surface area contributed by atoms with E-state index in [0.717, 1.165) is 11.6 Å². The van der Waals surface area contributed by atoms with Crippen LogP contribution >= 0.6 is 0 Å². The topological polar surface area (TPSA) is 32.3 Å². The van der Waals surface area contributed by atoms with E-state index in [1.165, 1.54) is 19.1 Å². The number of hydrogen-bond donors (Lipinski definition) is 0. The Bertz CT molecular complexity index is 722. The van der Waals surface area contributed by atoms with Crippen molar-refractivity contribution in [2.75, 3.05) is 31.1 Å². The van der Waals surface area contributed by atoms with E-state index in [1.807, 2.05) is 0 Å². The summed E-state index contributed by atoms with van der Waals surface area (Å²) in [5, 5.41) is 0. The average molecular weight is 354 g/mol. The summed E-state index contributed by atoms with van der Waals surface area (Å²) in [6, 6.07) is 7.27. The highest BCUT2D eigenvalue weighted by atomic mass is 19.4. The third kappa shape index (κ3) is 4.45. The zero-order valence-corrected chi connectivity index (χ0v) is 13.7. The Morgan fingerprint density at radius 1 is 1.00 bits per heavy atom. The van der Waals surface area contributed by atoms with Gasteiger partial charge in [-0.2, -0.15) is 13.2 Å². The highest BCUT2D eigenvalue weighted by Gasteiger charge is 2.34. The Labute approximate surface area is 143 Å². The third-order valence-corrected chi connectivity index (χ3v) is 4.11. The molecule has 2 aromatic rings. The molecule has 134 valence electrons. The number of nitrogens with zero attached hydrogens (tertiary/aromatic N) is 4. The standard InChI is InChI=1S/C17H18F4N4/c1-12-10-15(17(19,20)21)23-16(22-12)25-8-6-24(7-9-25)11-13-2-4-14(18)5-3-13/h2-5,10H,6-9,11H2,1H3. The van der Waals surface area contributed by atoms with E-state index in [9.17, 15) is 17.6 Å². The molecule has 0 radical (unpaired) electrons. The number of aryl methyl sites for hydroxylation is 1. The zero-order chi connectivity index (χ0) is 18.0. The monoisotopic (exact) mass is 354 g/mol. The molecule has 25 heavy (non-hydrogen) atoms. The molecule has 0 amide bonds. The summed E-state index contributed by atoms with van der Waals surface area (Å²) >= 11 is 0. The van der Waals surface area contributed by atoms with E-state index in [0.29, 0.717) is 38.4 Å². The van der Waals surface area contributed by atoms with Crippen molar-refractivity contribution in [1.82, 2.24) is 14.9 Å². The summed E-state index contributed by atoms with van der Waals surface area (Å²) in [6.45, 7) is 4.65. The van der Waals surface area contributed by atoms with Crippen LogP contribution in [0.3, 0.4) is 0 Å². The molecular weight excluding hydrogens is 336 g/mol. The predicted octanol–water partition coefficient (Wildman–Crippen LogP) is 3.27. The first-order valence-corrected chi connectivity index (χ1v) is 7.96. The molecule has 1 saturated heterocycles. The minimum absolute atomic E-state index is 0.119. The molecule has 0 bridgehead atoms. The van der Waals surface area contributed by atoms with Crippen molar-refractivity contribution in [2.24, 2.45) is 0 Å². The third-order valence-electron chi connectivity index (χ3n) is 4.11. The van der Waals surface area contributed by atoms with Crippen molar-refractivity contribution in [1.29, 1.82) is 0 Å². The lowest BCUT2D eigenvalue weighted by atomic mass is 10.2. The van der Waals surface area contributed by atoms with E-state index in [2.05, 4.69) is 14.9 Å². The van der Waals surface area contributed by atoms with Gasteiger partial charge in [-0.15, -0.1) is 0 Å². The Balaban J connectivity index is 1.64. The predicted molar refractivity (Wildman–Crippen MR) is 85.7 cm³/mol. The number of piperazine rings is 1. The maximum atomic E-state index is 12.9. The Kier molecular flexibility index (Phi) is 4.89. The number of alkyl halides is 3. The van der Waals surface area contributed by atoms with Gasteiger partial charge in [0.15, 0.2) is 0 Å². The van der Waals surface area contributed by atoms with Gasteiger partial charge in [0.2, 0.25) is 5.95 Å². The van der Waals surface area contributed by atoms with Gasteiger partial charge in [0.1, 0.15) is 11.5 Å². The lowest BCUT2D eigenvalue weighted by molar-refractivity contribution is -0.141. The van der Waals surface area contributed by atoms with Gasteiger partial charge < -0.3 is 4.90 Å². The smallest absolute Gasteiger partial charge is 0.338 e. The Morgan fingerprint density at radius 2 is 1.64 bits per heavy atom. The van der Waals surface area contributed by atoms with Crippen molar-refractivity contribution in [2.45, 2.75) is 19.6 Å². The summed E-state index contributed by atoms with van der Waals surface area (Å²) in [4.78, 5) is 11.8. The minimum atomic E-state index is -4.48. The van der Waals surface area contributed by atoms with Gasteiger partial charge in [0, 0.05) is 38.4 Å². The van der Waals surface area contributed by atoms with Gasteiger partial charge in [-0.05, 0) is 30.7 Å². The Hall–Kier alpha value is -2.22. The number of aromatic nitrogens is 2. The fourth-order valence-corrected chi connectivity index (χ4v) is 2.79. The normalized spacial score (nSPS) is 16.3. The van der Waals surface area contributed by atoms with Crippen molar-refractivity contribution in [3.05, 3.63) is 53.1 Å². The lowest BCUT2D eigenvalue weighted by Gasteiger charge is -2.35. The largest absolute Gasteiger partial charge is 0.433 e. The second kappa shape index (κ2) is 6.95. The molecule has 0 atom stereocenters. The average Bonchev–Trinajstić information content (AvgIpc) is 2.56. The summed E-state index contributed by atoms with van der Waals surface area (Å²) in [6.07, 6.45) is -4.48. The highest BCUT2D eigenvalue weighted by Crippen LogP contribution is 2.29. The van der Waals surface area contributed by atoms with Crippen LogP contribution in [-0.4, -0.2) is 41.0 Å². The first-order valence-electron chi connectivity index (χ1n) is 7.96. The first-order chi connectivity index (χ1) is 11.8. The molecule has 1 aliphatic rings. The fourth-order valence-electron chi connectivity index (χ4n) is 2.79. The van der Waals surface area contributed by atoms with Crippen LogP contribution in [-0.2, 0) is 12.7 Å². The van der Waals surface area contributed by atoms with Crippen LogP contribution in [0.25, 0.3) is 0 Å². The second-order valence-corrected chi connectivity index (χ2v) is 6.08. The van der Waals surface area contributed by atoms with Gasteiger partial charge in [-0.25, -0.2) is 14.4 Å². The molecule has 8 heteroatoms. The molecule has 1 aromatic carbocycles. The number of benzene rings is 1. The van der Waals surface area contributed by atoms with Gasteiger partial charge in [0.25, 0.3) is 0 Å². The van der Waals surface area contributed by atoms with Crippen LogP contribution in [0, 0.1) is 12.7 Å². The van der Waals surface area contributed by atoms with Crippen LogP contribution in [0.2, 0.25) is 0 Å². The van der Waals surface area contributed by atoms with Gasteiger partial charge >= 0.3 is 6.18 Å². The number of hydrogen-bond acceptors (Lipinski definition) is 4. The fraction of sp³-hybridized carbons (Fsp3) is 0.412. The maximum absolute atomic E-state index is 12.9. The molecule has 2 heterocycles. The number of halogens is 4. The van der Waals surface area contributed by atoms with Crippen LogP contribution in [0.5, 0.6) is 0 Å². The molecular formula is C17H18F4N4. The van der Waals surface area contributed by atoms with E-state index >= 15 is 0 Å².